The maximum absolute atomic E-state index is 12.8. The second kappa shape index (κ2) is 9.88. The van der Waals surface area contributed by atoms with Crippen LogP contribution in [0.2, 0.25) is 0 Å². The van der Waals surface area contributed by atoms with Crippen molar-refractivity contribution in [3.63, 3.8) is 0 Å². The van der Waals surface area contributed by atoms with Gasteiger partial charge >= 0.3 is 0 Å². The number of thioether (sulfide) groups is 1. The highest BCUT2D eigenvalue weighted by molar-refractivity contribution is 7.99. The lowest BCUT2D eigenvalue weighted by molar-refractivity contribution is -0.128. The highest BCUT2D eigenvalue weighted by Gasteiger charge is 2.16. The number of carbonyl (C=O) groups is 1. The summed E-state index contributed by atoms with van der Waals surface area (Å²) in [6.45, 7) is 1.22. The molecule has 28 heavy (non-hydrogen) atoms. The fraction of sp³-hybridized carbons (Fsp3) is 0.200. The summed E-state index contributed by atoms with van der Waals surface area (Å²) in [4.78, 5) is 24.0. The average Bonchev–Trinajstić information content (AvgIpc) is 3.23. The zero-order valence-electron chi connectivity index (χ0n) is 15.1. The van der Waals surface area contributed by atoms with Crippen LogP contribution in [-0.2, 0) is 17.8 Å². The lowest BCUT2D eigenvalue weighted by Crippen LogP contribution is -2.33. The van der Waals surface area contributed by atoms with Crippen LogP contribution in [-0.4, -0.2) is 33.1 Å². The number of benzene rings is 1. The van der Waals surface area contributed by atoms with Crippen LogP contribution in [0.4, 0.5) is 5.82 Å². The van der Waals surface area contributed by atoms with E-state index >= 15 is 0 Å². The number of nitrogens with two attached hydrogens (primary N) is 1. The van der Waals surface area contributed by atoms with E-state index < -0.39 is 0 Å². The van der Waals surface area contributed by atoms with Crippen LogP contribution in [0.25, 0.3) is 0 Å². The van der Waals surface area contributed by atoms with Crippen LogP contribution in [0.1, 0.15) is 16.0 Å². The Hall–Kier alpha value is -2.89. The van der Waals surface area contributed by atoms with Crippen molar-refractivity contribution in [3.05, 3.63) is 70.0 Å². The van der Waals surface area contributed by atoms with Gasteiger partial charge in [0.15, 0.2) is 5.16 Å². The number of rotatable bonds is 8. The largest absolute Gasteiger partial charge is 0.382 e. The van der Waals surface area contributed by atoms with Crippen LogP contribution in [0.15, 0.2) is 59.2 Å². The molecule has 6 nitrogen and oxygen atoms in total. The summed E-state index contributed by atoms with van der Waals surface area (Å²) < 4.78 is 0. The van der Waals surface area contributed by atoms with E-state index in [9.17, 15) is 4.79 Å². The highest BCUT2D eigenvalue weighted by atomic mass is 32.2. The van der Waals surface area contributed by atoms with Gasteiger partial charge in [0.2, 0.25) is 5.91 Å². The molecule has 0 atom stereocenters. The molecule has 8 heteroatoms. The molecule has 0 aliphatic heterocycles. The molecule has 3 rings (SSSR count). The number of hydrogen-bond acceptors (Lipinski definition) is 7. The summed E-state index contributed by atoms with van der Waals surface area (Å²) >= 11 is 2.86. The molecule has 0 fully saturated rings. The fourth-order valence-electron chi connectivity index (χ4n) is 2.54. The van der Waals surface area contributed by atoms with Crippen molar-refractivity contribution in [2.24, 2.45) is 0 Å². The molecule has 0 unspecified atom stereocenters. The third-order valence-electron chi connectivity index (χ3n) is 4.03. The quantitative estimate of drug-likeness (QED) is 0.453. The van der Waals surface area contributed by atoms with E-state index in [0.717, 1.165) is 11.3 Å². The second-order valence-corrected chi connectivity index (χ2v) is 7.96. The summed E-state index contributed by atoms with van der Waals surface area (Å²) in [6, 6.07) is 16.1. The number of carbonyl (C=O) groups excluding carboxylic acids is 1. The van der Waals surface area contributed by atoms with Crippen LogP contribution in [0.5, 0.6) is 0 Å². The molecular formula is C20H19N5OS2. The van der Waals surface area contributed by atoms with E-state index in [1.165, 1.54) is 23.5 Å². The standard InChI is InChI=1S/C20H19N5OS2/c21-11-16-12-23-20(24-19(16)22)28-14-18(26)25(13-17-7-4-10-27-17)9-8-15-5-2-1-3-6-15/h1-7,10,12H,8-9,13-14H2,(H2,22,23,24). The topological polar surface area (TPSA) is 95.9 Å². The number of amides is 1. The summed E-state index contributed by atoms with van der Waals surface area (Å²) in [5.41, 5.74) is 7.15. The van der Waals surface area contributed by atoms with Gasteiger partial charge < -0.3 is 10.6 Å². The molecule has 2 aromatic heterocycles. The van der Waals surface area contributed by atoms with Gasteiger partial charge in [-0.25, -0.2) is 9.97 Å². The lowest BCUT2D eigenvalue weighted by Gasteiger charge is -2.22. The molecule has 0 saturated heterocycles. The van der Waals surface area contributed by atoms with Crippen LogP contribution >= 0.6 is 23.1 Å². The Balaban J connectivity index is 1.63. The van der Waals surface area contributed by atoms with E-state index in [0.29, 0.717) is 18.2 Å². The molecule has 0 bridgehead atoms. The van der Waals surface area contributed by atoms with Crippen molar-refractivity contribution in [1.82, 2.24) is 14.9 Å². The zero-order chi connectivity index (χ0) is 19.8. The predicted molar refractivity (Wildman–Crippen MR) is 112 cm³/mol. The van der Waals surface area contributed by atoms with E-state index in [-0.39, 0.29) is 23.0 Å². The molecule has 0 aliphatic carbocycles. The molecule has 0 aliphatic rings. The Kier molecular flexibility index (Phi) is 7.00. The van der Waals surface area contributed by atoms with Gasteiger partial charge in [-0.1, -0.05) is 48.2 Å². The van der Waals surface area contributed by atoms with Crippen molar-refractivity contribution in [3.8, 4) is 6.07 Å². The van der Waals surface area contributed by atoms with E-state index in [2.05, 4.69) is 22.1 Å². The van der Waals surface area contributed by atoms with Crippen molar-refractivity contribution in [1.29, 1.82) is 5.26 Å². The third-order valence-corrected chi connectivity index (χ3v) is 5.74. The number of hydrogen-bond donors (Lipinski definition) is 1. The molecule has 142 valence electrons. The van der Waals surface area contributed by atoms with Gasteiger partial charge in [-0.3, -0.25) is 4.79 Å². The average molecular weight is 410 g/mol. The van der Waals surface area contributed by atoms with E-state index in [4.69, 9.17) is 11.0 Å². The van der Waals surface area contributed by atoms with Crippen molar-refractivity contribution in [2.75, 3.05) is 18.0 Å². The predicted octanol–water partition coefficient (Wildman–Crippen LogP) is 3.36. The molecule has 1 aromatic carbocycles. The van der Waals surface area contributed by atoms with Gasteiger partial charge in [0.05, 0.1) is 18.5 Å². The molecule has 0 spiro atoms. The Morgan fingerprint density at radius 3 is 2.75 bits per heavy atom. The molecule has 3 aromatic rings. The lowest BCUT2D eigenvalue weighted by atomic mass is 10.1. The number of aromatic nitrogens is 2. The van der Waals surface area contributed by atoms with Crippen LogP contribution in [0.3, 0.4) is 0 Å². The molecular weight excluding hydrogens is 390 g/mol. The van der Waals surface area contributed by atoms with Gasteiger partial charge in [-0.05, 0) is 23.4 Å². The van der Waals surface area contributed by atoms with Crippen LogP contribution in [0, 0.1) is 11.3 Å². The van der Waals surface area contributed by atoms with Gasteiger partial charge in [0.25, 0.3) is 0 Å². The number of nitriles is 1. The Morgan fingerprint density at radius 1 is 1.25 bits per heavy atom. The first-order chi connectivity index (χ1) is 13.7. The third kappa shape index (κ3) is 5.55. The van der Waals surface area contributed by atoms with Gasteiger partial charge in [-0.2, -0.15) is 5.26 Å². The molecule has 1 amide bonds. The van der Waals surface area contributed by atoms with Crippen molar-refractivity contribution in [2.45, 2.75) is 18.1 Å². The Bertz CT molecular complexity index is 954. The zero-order valence-corrected chi connectivity index (χ0v) is 16.7. The maximum Gasteiger partial charge on any atom is 0.233 e. The summed E-state index contributed by atoms with van der Waals surface area (Å²) in [6.07, 6.45) is 2.18. The Morgan fingerprint density at radius 2 is 2.07 bits per heavy atom. The minimum Gasteiger partial charge on any atom is -0.382 e. The van der Waals surface area contributed by atoms with Crippen LogP contribution < -0.4 is 5.73 Å². The fourth-order valence-corrected chi connectivity index (χ4v) is 3.99. The van der Waals surface area contributed by atoms with Crippen molar-refractivity contribution >= 4 is 34.8 Å². The molecule has 0 radical (unpaired) electrons. The number of nitrogens with zero attached hydrogens (tertiary/aromatic N) is 4. The summed E-state index contributed by atoms with van der Waals surface area (Å²) in [5.74, 6) is 0.360. The minimum atomic E-state index is 0.0147. The summed E-state index contributed by atoms with van der Waals surface area (Å²) in [5, 5.41) is 11.3. The first-order valence-electron chi connectivity index (χ1n) is 8.65. The molecule has 2 N–H and O–H groups in total. The van der Waals surface area contributed by atoms with Gasteiger partial charge in [-0.15, -0.1) is 11.3 Å². The smallest absolute Gasteiger partial charge is 0.233 e. The highest BCUT2D eigenvalue weighted by Crippen LogP contribution is 2.18. The normalized spacial score (nSPS) is 10.4. The summed E-state index contributed by atoms with van der Waals surface area (Å²) in [7, 11) is 0. The van der Waals surface area contributed by atoms with Crippen molar-refractivity contribution < 1.29 is 4.79 Å². The molecule has 2 heterocycles. The monoisotopic (exact) mass is 409 g/mol. The van der Waals surface area contributed by atoms with E-state index in [1.54, 1.807) is 11.3 Å². The number of nitrogen functional groups attached to an aromatic ring is 1. The molecule has 0 saturated carbocycles. The first-order valence-corrected chi connectivity index (χ1v) is 10.5. The van der Waals surface area contributed by atoms with E-state index in [1.807, 2.05) is 46.7 Å². The Labute approximate surface area is 172 Å². The second-order valence-electron chi connectivity index (χ2n) is 5.98. The SMILES string of the molecule is N#Cc1cnc(SCC(=O)N(CCc2ccccc2)Cc2cccs2)nc1N. The number of anilines is 1. The minimum absolute atomic E-state index is 0.0147. The van der Waals surface area contributed by atoms with Gasteiger partial charge in [0.1, 0.15) is 17.5 Å². The first kappa shape index (κ1) is 19.9. The maximum atomic E-state index is 12.8. The van der Waals surface area contributed by atoms with Gasteiger partial charge in [0, 0.05) is 11.4 Å². The number of thiophene rings is 1.